The van der Waals surface area contributed by atoms with Crippen LogP contribution in [0.3, 0.4) is 0 Å². The fourth-order valence-corrected chi connectivity index (χ4v) is 0.354. The zero-order valence-corrected chi connectivity index (χ0v) is 8.83. The van der Waals surface area contributed by atoms with Crippen LogP contribution in [0.4, 0.5) is 0 Å². The Morgan fingerprint density at radius 2 is 0.833 bits per heavy atom. The molecule has 0 aromatic carbocycles. The molecule has 0 spiro atoms. The molecule has 82 valence electrons. The van der Waals surface area contributed by atoms with Gasteiger partial charge in [0.15, 0.2) is 0 Å². The van der Waals surface area contributed by atoms with E-state index in [9.17, 15) is 0 Å². The van der Waals surface area contributed by atoms with Gasteiger partial charge < -0.3 is 0 Å². The number of hydrogen-bond donors (Lipinski definition) is 0. The lowest BCUT2D eigenvalue weighted by molar-refractivity contribution is 0.772. The summed E-state index contributed by atoms with van der Waals surface area (Å²) in [6.07, 6.45) is 5.33. The highest BCUT2D eigenvalue weighted by molar-refractivity contribution is 4.24. The molecule has 0 unspecified atom stereocenters. The maximum atomic E-state index is 2.21. The molecule has 0 aliphatic rings. The van der Waals surface area contributed by atoms with E-state index < -0.39 is 0 Å². The van der Waals surface area contributed by atoms with Gasteiger partial charge >= 0.3 is 0 Å². The van der Waals surface area contributed by atoms with E-state index in [4.69, 9.17) is 0 Å². The van der Waals surface area contributed by atoms with Crippen molar-refractivity contribution in [2.75, 3.05) is 0 Å². The second-order valence-electron chi connectivity index (χ2n) is 2.06. The van der Waals surface area contributed by atoms with Crippen molar-refractivity contribution in [3.05, 3.63) is 0 Å². The molecule has 0 aromatic rings. The molecular weight excluding hydrogens is 144 g/mol. The minimum atomic E-state index is 0. The first-order chi connectivity index (χ1) is 4.83. The van der Waals surface area contributed by atoms with Gasteiger partial charge in [-0.25, -0.2) is 0 Å². The van der Waals surface area contributed by atoms with Crippen LogP contribution >= 0.6 is 0 Å². The molecule has 0 aliphatic carbocycles. The van der Waals surface area contributed by atoms with Crippen LogP contribution in [-0.2, 0) is 0 Å². The van der Waals surface area contributed by atoms with E-state index in [1.165, 1.54) is 25.7 Å². The van der Waals surface area contributed by atoms with Gasteiger partial charge in [0.05, 0.1) is 0 Å². The molecule has 0 nitrogen and oxygen atoms in total. The highest BCUT2D eigenvalue weighted by Gasteiger charge is 1.68. The molecule has 0 aromatic heterocycles. The Morgan fingerprint density at radius 3 is 0.833 bits per heavy atom. The molecule has 12 heavy (non-hydrogen) atoms. The average Bonchev–Trinajstić information content (AvgIpc) is 1.96. The van der Waals surface area contributed by atoms with Crippen LogP contribution in [-0.4, -0.2) is 0 Å². The molecule has 0 heteroatoms. The van der Waals surface area contributed by atoms with Gasteiger partial charge in [-0.3, -0.25) is 0 Å². The predicted molar refractivity (Wildman–Crippen MR) is 66.0 cm³/mol. The van der Waals surface area contributed by atoms with Crippen molar-refractivity contribution in [2.24, 2.45) is 0 Å². The Kier molecular flexibility index (Phi) is 170. The van der Waals surface area contributed by atoms with E-state index in [0.29, 0.717) is 0 Å². The first-order valence-corrected chi connectivity index (χ1v) is 4.83. The maximum absolute atomic E-state index is 2.21. The second-order valence-corrected chi connectivity index (χ2v) is 2.06. The maximum Gasteiger partial charge on any atom is -0.0538 e. The van der Waals surface area contributed by atoms with Gasteiger partial charge in [-0.05, 0) is 0 Å². The zero-order valence-electron chi connectivity index (χ0n) is 8.83. The number of hydrogen-bond acceptors (Lipinski definition) is 0. The monoisotopic (exact) mass is 178 g/mol. The third-order valence-corrected chi connectivity index (χ3v) is 0.707. The summed E-state index contributed by atoms with van der Waals surface area (Å²) in [6.45, 7) is 12.7. The zero-order chi connectivity index (χ0) is 8.83. The lowest BCUT2D eigenvalue weighted by Gasteiger charge is -1.79. The molecule has 0 saturated heterocycles. The fraction of sp³-hybridized carbons (Fsp3) is 1.00. The van der Waals surface area contributed by atoms with E-state index in [2.05, 4.69) is 27.7 Å². The summed E-state index contributed by atoms with van der Waals surface area (Å²) in [6, 6.07) is 0. The number of rotatable bonds is 2. The summed E-state index contributed by atoms with van der Waals surface area (Å²) in [5.41, 5.74) is 0. The molecule has 0 rings (SSSR count). The highest BCUT2D eigenvalue weighted by atomic mass is 13.7. The Bertz CT molecular complexity index is 14.0. The Morgan fingerprint density at radius 1 is 0.667 bits per heavy atom. The van der Waals surface area contributed by atoms with E-state index in [1.807, 2.05) is 13.8 Å². The molecule has 0 fully saturated rings. The first-order valence-electron chi connectivity index (χ1n) is 4.83. The van der Waals surface area contributed by atoms with Crippen molar-refractivity contribution in [1.82, 2.24) is 0 Å². The van der Waals surface area contributed by atoms with Crippen LogP contribution in [0.5, 0.6) is 0 Å². The van der Waals surface area contributed by atoms with Gasteiger partial charge in [0.2, 0.25) is 0 Å². The second kappa shape index (κ2) is 68.8. The van der Waals surface area contributed by atoms with Gasteiger partial charge in [0.25, 0.3) is 0 Å². The third-order valence-electron chi connectivity index (χ3n) is 0.707. The molecule has 0 bridgehead atoms. The summed E-state index contributed by atoms with van der Waals surface area (Å²) in [5.74, 6) is 0. The van der Waals surface area contributed by atoms with Crippen molar-refractivity contribution < 1.29 is 0 Å². The lowest BCUT2D eigenvalue weighted by atomic mass is 10.3. The van der Waals surface area contributed by atoms with Gasteiger partial charge in [-0.15, -0.1) is 0 Å². The quantitative estimate of drug-likeness (QED) is 0.493. The first kappa shape index (κ1) is 29.6. The molecule has 0 saturated carbocycles. The molecule has 0 atom stereocenters. The van der Waals surface area contributed by atoms with Gasteiger partial charge in [-0.1, -0.05) is 82.1 Å². The highest BCUT2D eigenvalue weighted by Crippen LogP contribution is 1.88. The average molecular weight is 178 g/mol. The van der Waals surface area contributed by atoms with Crippen molar-refractivity contribution in [1.29, 1.82) is 0 Å². The molecule has 0 amide bonds. The van der Waals surface area contributed by atoms with E-state index in [1.54, 1.807) is 0 Å². The molecule has 0 radical (unpaired) electrons. The van der Waals surface area contributed by atoms with Crippen LogP contribution in [0.2, 0.25) is 0 Å². The van der Waals surface area contributed by atoms with Crippen LogP contribution in [0, 0.1) is 0 Å². The van der Waals surface area contributed by atoms with E-state index >= 15 is 0 Å². The Labute approximate surface area is 82.8 Å². The largest absolute Gasteiger partial charge is 0.0776 e. The Hall–Kier alpha value is 0. The number of unbranched alkanes of at least 4 members (excludes halogenated alkanes) is 2. The lowest BCUT2D eigenvalue weighted by Crippen LogP contribution is -1.59. The molecule has 0 N–H and O–H groups in total. The summed E-state index contributed by atoms with van der Waals surface area (Å²) < 4.78 is 0. The molecule has 0 aliphatic heterocycles. The van der Waals surface area contributed by atoms with Gasteiger partial charge in [-0.2, -0.15) is 0 Å². The van der Waals surface area contributed by atoms with Crippen LogP contribution in [0.1, 0.15) is 82.1 Å². The normalized spacial score (nSPS) is 5.50. The fourth-order valence-electron chi connectivity index (χ4n) is 0.354. The summed E-state index contributed by atoms with van der Waals surface area (Å²) >= 11 is 0. The van der Waals surface area contributed by atoms with Crippen molar-refractivity contribution in [2.45, 2.75) is 82.1 Å². The van der Waals surface area contributed by atoms with Gasteiger partial charge in [0.1, 0.15) is 0 Å². The smallest absolute Gasteiger partial charge is 0.0538 e. The van der Waals surface area contributed by atoms with Crippen molar-refractivity contribution in [3.63, 3.8) is 0 Å². The summed E-state index contributed by atoms with van der Waals surface area (Å²) in [4.78, 5) is 0. The van der Waals surface area contributed by atoms with Crippen LogP contribution < -0.4 is 0 Å². The van der Waals surface area contributed by atoms with E-state index in [0.717, 1.165) is 0 Å². The van der Waals surface area contributed by atoms with E-state index in [-0.39, 0.29) is 14.9 Å². The standard InChI is InChI=1S/C5H12.C3H8.C2H6.2CH4/c1-3-5-4-2;1-3-2;1-2;;/h3-5H2,1-2H3;3H2,1-2H3;1-2H3;2*1H4. The Balaban J connectivity index is -0.0000000209. The molecular formula is C12H34. The van der Waals surface area contributed by atoms with Crippen molar-refractivity contribution >= 4 is 0 Å². The topological polar surface area (TPSA) is 0 Å². The minimum absolute atomic E-state index is 0. The third kappa shape index (κ3) is 202. The molecule has 0 heterocycles. The summed E-state index contributed by atoms with van der Waals surface area (Å²) in [5, 5.41) is 0. The van der Waals surface area contributed by atoms with Gasteiger partial charge in [0, 0.05) is 0 Å². The minimum Gasteiger partial charge on any atom is -0.0776 e. The summed E-state index contributed by atoms with van der Waals surface area (Å²) in [7, 11) is 0. The van der Waals surface area contributed by atoms with Crippen molar-refractivity contribution in [3.8, 4) is 0 Å². The van der Waals surface area contributed by atoms with Crippen LogP contribution in [0.25, 0.3) is 0 Å². The predicted octanol–water partition coefficient (Wildman–Crippen LogP) is 5.91. The van der Waals surface area contributed by atoms with Crippen LogP contribution in [0.15, 0.2) is 0 Å². The SMILES string of the molecule is C.C.CC.CCC.CCCCC.